The Morgan fingerprint density at radius 1 is 1.40 bits per heavy atom. The molecule has 0 aliphatic rings. The molecule has 0 fully saturated rings. The maximum atomic E-state index is 12.7. The summed E-state index contributed by atoms with van der Waals surface area (Å²) in [6.07, 6.45) is -3.36. The lowest BCUT2D eigenvalue weighted by molar-refractivity contribution is -0.136. The summed E-state index contributed by atoms with van der Waals surface area (Å²) in [5, 5.41) is 8.48. The van der Waals surface area contributed by atoms with Crippen molar-refractivity contribution >= 4 is 11.6 Å². The second-order valence-electron chi connectivity index (χ2n) is 3.88. The van der Waals surface area contributed by atoms with E-state index < -0.39 is 23.3 Å². The first-order chi connectivity index (χ1) is 9.39. The second kappa shape index (κ2) is 5.19. The Morgan fingerprint density at radius 2 is 2.15 bits per heavy atom. The molecule has 6 nitrogen and oxygen atoms in total. The van der Waals surface area contributed by atoms with Crippen molar-refractivity contribution in [3.63, 3.8) is 0 Å². The van der Waals surface area contributed by atoms with Crippen molar-refractivity contribution in [3.05, 3.63) is 41.5 Å². The Kier molecular flexibility index (Phi) is 3.59. The number of para-hydroxylation sites is 1. The topological polar surface area (TPSA) is 96.7 Å². The van der Waals surface area contributed by atoms with Crippen molar-refractivity contribution in [2.24, 2.45) is 0 Å². The number of halogens is 3. The van der Waals surface area contributed by atoms with Gasteiger partial charge in [0.05, 0.1) is 23.4 Å². The van der Waals surface area contributed by atoms with Crippen LogP contribution in [0.3, 0.4) is 0 Å². The van der Waals surface area contributed by atoms with E-state index in [1.54, 1.807) is 0 Å². The molecule has 0 spiro atoms. The molecule has 4 N–H and O–H groups in total. The minimum absolute atomic E-state index is 0.00845. The van der Waals surface area contributed by atoms with Gasteiger partial charge in [0.15, 0.2) is 0 Å². The fourth-order valence-corrected chi connectivity index (χ4v) is 1.59. The van der Waals surface area contributed by atoms with Crippen molar-refractivity contribution in [1.29, 1.82) is 0 Å². The molecule has 1 aromatic carbocycles. The summed E-state index contributed by atoms with van der Waals surface area (Å²) in [5.41, 5.74) is 3.53. The van der Waals surface area contributed by atoms with Crippen LogP contribution in [0.4, 0.5) is 18.9 Å². The van der Waals surface area contributed by atoms with Crippen LogP contribution in [0.2, 0.25) is 0 Å². The number of aromatic nitrogens is 3. The number of alkyl halides is 3. The fourth-order valence-electron chi connectivity index (χ4n) is 1.59. The zero-order valence-corrected chi connectivity index (χ0v) is 10.0. The number of carbonyl (C=O) groups excluding carboxylic acids is 1. The van der Waals surface area contributed by atoms with Crippen molar-refractivity contribution in [1.82, 2.24) is 20.5 Å². The number of rotatable bonds is 3. The van der Waals surface area contributed by atoms with Gasteiger partial charge in [-0.15, -0.1) is 0 Å². The zero-order valence-electron chi connectivity index (χ0n) is 10.0. The summed E-state index contributed by atoms with van der Waals surface area (Å²) in [7, 11) is 0. The summed E-state index contributed by atoms with van der Waals surface area (Å²) >= 11 is 0. The summed E-state index contributed by atoms with van der Waals surface area (Å²) in [6, 6.07) is 3.17. The molecule has 1 amide bonds. The summed E-state index contributed by atoms with van der Waals surface area (Å²) in [4.78, 5) is 15.6. The molecule has 1 heterocycles. The highest BCUT2D eigenvalue weighted by Crippen LogP contribution is 2.34. The molecule has 0 radical (unpaired) electrons. The van der Waals surface area contributed by atoms with Crippen molar-refractivity contribution in [2.45, 2.75) is 12.7 Å². The van der Waals surface area contributed by atoms with Gasteiger partial charge in [-0.05, 0) is 12.1 Å². The zero-order chi connectivity index (χ0) is 14.8. The number of hydrogen-bond acceptors (Lipinski definition) is 4. The number of nitrogens with zero attached hydrogens (tertiary/aromatic N) is 2. The number of benzene rings is 1. The summed E-state index contributed by atoms with van der Waals surface area (Å²) in [5.74, 6) is -0.339. The summed E-state index contributed by atoms with van der Waals surface area (Å²) < 4.78 is 38.0. The van der Waals surface area contributed by atoms with Crippen LogP contribution in [0, 0.1) is 0 Å². The van der Waals surface area contributed by atoms with Crippen LogP contribution in [0.1, 0.15) is 21.7 Å². The second-order valence-corrected chi connectivity index (χ2v) is 3.88. The maximum Gasteiger partial charge on any atom is 0.418 e. The third-order valence-corrected chi connectivity index (χ3v) is 2.54. The lowest BCUT2D eigenvalue weighted by atomic mass is 10.1. The molecule has 0 atom stereocenters. The Hall–Kier alpha value is -2.58. The largest absolute Gasteiger partial charge is 0.418 e. The number of amides is 1. The molecule has 0 bridgehead atoms. The van der Waals surface area contributed by atoms with E-state index >= 15 is 0 Å². The van der Waals surface area contributed by atoms with Gasteiger partial charge in [0.2, 0.25) is 0 Å². The number of H-pyrrole nitrogens is 1. The molecule has 0 aliphatic carbocycles. The molecule has 2 aromatic rings. The Labute approximate surface area is 111 Å². The van der Waals surface area contributed by atoms with Gasteiger partial charge >= 0.3 is 6.18 Å². The quantitative estimate of drug-likeness (QED) is 0.741. The molecule has 2 rings (SSSR count). The average Bonchev–Trinajstić information content (AvgIpc) is 2.88. The first-order valence-electron chi connectivity index (χ1n) is 5.47. The normalized spacial score (nSPS) is 11.3. The fraction of sp³-hybridized carbons (Fsp3) is 0.182. The first-order valence-corrected chi connectivity index (χ1v) is 5.47. The monoisotopic (exact) mass is 285 g/mol. The lowest BCUT2D eigenvalue weighted by Gasteiger charge is -2.13. The molecule has 20 heavy (non-hydrogen) atoms. The van der Waals surface area contributed by atoms with Gasteiger partial charge < -0.3 is 11.1 Å². The predicted octanol–water partition coefficient (Wildman–Crippen LogP) is 1.34. The standard InChI is InChI=1S/C11H10F3N5O/c12-11(13,14)7-3-1-2-6(9(7)15)10(20)16-4-8-17-5-18-19-8/h1-3,5H,4,15H2,(H,16,20)(H,17,18,19). The minimum atomic E-state index is -4.61. The van der Waals surface area contributed by atoms with Crippen LogP contribution in [-0.2, 0) is 12.7 Å². The van der Waals surface area contributed by atoms with Gasteiger partial charge in [0, 0.05) is 0 Å². The van der Waals surface area contributed by atoms with E-state index in [1.165, 1.54) is 12.4 Å². The number of hydrogen-bond donors (Lipinski definition) is 3. The molecule has 0 saturated heterocycles. The molecular weight excluding hydrogens is 275 g/mol. The van der Waals surface area contributed by atoms with Crippen LogP contribution in [0.25, 0.3) is 0 Å². The van der Waals surface area contributed by atoms with Gasteiger partial charge in [-0.1, -0.05) is 6.07 Å². The average molecular weight is 285 g/mol. The van der Waals surface area contributed by atoms with E-state index in [-0.39, 0.29) is 12.1 Å². The SMILES string of the molecule is Nc1c(C(=O)NCc2ncn[nH]2)cccc1C(F)(F)F. The van der Waals surface area contributed by atoms with Gasteiger partial charge in [0.1, 0.15) is 12.2 Å². The number of nitrogens with one attached hydrogen (secondary N) is 2. The smallest absolute Gasteiger partial charge is 0.398 e. The van der Waals surface area contributed by atoms with E-state index in [9.17, 15) is 18.0 Å². The third kappa shape index (κ3) is 2.87. The lowest BCUT2D eigenvalue weighted by Crippen LogP contribution is -2.25. The van der Waals surface area contributed by atoms with Crippen LogP contribution in [0.15, 0.2) is 24.5 Å². The van der Waals surface area contributed by atoms with Crippen LogP contribution >= 0.6 is 0 Å². The van der Waals surface area contributed by atoms with Crippen molar-refractivity contribution < 1.29 is 18.0 Å². The summed E-state index contributed by atoms with van der Waals surface area (Å²) in [6.45, 7) is 0.00845. The van der Waals surface area contributed by atoms with E-state index in [0.717, 1.165) is 12.1 Å². The van der Waals surface area contributed by atoms with Gasteiger partial charge in [-0.2, -0.15) is 18.3 Å². The van der Waals surface area contributed by atoms with Crippen LogP contribution < -0.4 is 11.1 Å². The Bertz CT molecular complexity index is 609. The Balaban J connectivity index is 2.18. The van der Waals surface area contributed by atoms with E-state index in [2.05, 4.69) is 20.5 Å². The van der Waals surface area contributed by atoms with Crippen molar-refractivity contribution in [2.75, 3.05) is 5.73 Å². The Morgan fingerprint density at radius 3 is 2.75 bits per heavy atom. The maximum absolute atomic E-state index is 12.7. The van der Waals surface area contributed by atoms with Gasteiger partial charge in [-0.25, -0.2) is 4.98 Å². The minimum Gasteiger partial charge on any atom is -0.398 e. The van der Waals surface area contributed by atoms with Crippen LogP contribution in [0.5, 0.6) is 0 Å². The number of carbonyl (C=O) groups is 1. The molecule has 0 unspecified atom stereocenters. The third-order valence-electron chi connectivity index (χ3n) is 2.54. The number of aromatic amines is 1. The first kappa shape index (κ1) is 13.8. The van der Waals surface area contributed by atoms with E-state index in [0.29, 0.717) is 5.82 Å². The highest BCUT2D eigenvalue weighted by atomic mass is 19.4. The highest BCUT2D eigenvalue weighted by molar-refractivity contribution is 5.99. The highest BCUT2D eigenvalue weighted by Gasteiger charge is 2.34. The molecule has 1 aromatic heterocycles. The van der Waals surface area contributed by atoms with E-state index in [1.807, 2.05) is 0 Å². The number of nitrogens with two attached hydrogens (primary N) is 1. The molecule has 0 saturated carbocycles. The molecule has 9 heteroatoms. The molecule has 0 aliphatic heterocycles. The van der Waals surface area contributed by atoms with Crippen LogP contribution in [-0.4, -0.2) is 21.1 Å². The van der Waals surface area contributed by atoms with E-state index in [4.69, 9.17) is 5.73 Å². The van der Waals surface area contributed by atoms with Gasteiger partial charge in [0.25, 0.3) is 5.91 Å². The number of anilines is 1. The molecule has 106 valence electrons. The number of nitrogen functional groups attached to an aromatic ring is 1. The molecular formula is C11H10F3N5O. The van der Waals surface area contributed by atoms with Gasteiger partial charge in [-0.3, -0.25) is 9.89 Å². The van der Waals surface area contributed by atoms with Crippen molar-refractivity contribution in [3.8, 4) is 0 Å². The predicted molar refractivity (Wildman–Crippen MR) is 63.4 cm³/mol.